The number of aryl methyl sites for hydroxylation is 1. The highest BCUT2D eigenvalue weighted by atomic mass is 15.0. The Balaban J connectivity index is 2.71. The summed E-state index contributed by atoms with van der Waals surface area (Å²) in [5.74, 6) is 0.807. The molecule has 1 heterocycles. The molecule has 0 aromatic carbocycles. The van der Waals surface area contributed by atoms with Crippen molar-refractivity contribution in [3.8, 4) is 0 Å². The molecule has 1 aromatic heterocycles. The van der Waals surface area contributed by atoms with Gasteiger partial charge in [-0.15, -0.1) is 0 Å². The zero-order chi connectivity index (χ0) is 10.6. The number of likely N-dealkylation sites (N-methyl/N-ethyl adjacent to an activating group) is 1. The van der Waals surface area contributed by atoms with Crippen molar-refractivity contribution in [2.24, 2.45) is 5.73 Å². The standard InChI is InChI=1S/C10H18N4/c1-8-12-9(4-5-14(2)3)6-10(7-11)13-8/h6H,4-5,7,11H2,1-3H3. The van der Waals surface area contributed by atoms with Crippen molar-refractivity contribution in [2.75, 3.05) is 20.6 Å². The van der Waals surface area contributed by atoms with E-state index < -0.39 is 0 Å². The van der Waals surface area contributed by atoms with Gasteiger partial charge in [0.05, 0.1) is 5.69 Å². The number of aromatic nitrogens is 2. The molecular weight excluding hydrogens is 176 g/mol. The molecule has 0 aliphatic carbocycles. The normalized spacial score (nSPS) is 10.9. The lowest BCUT2D eigenvalue weighted by atomic mass is 10.2. The summed E-state index contributed by atoms with van der Waals surface area (Å²) < 4.78 is 0. The van der Waals surface area contributed by atoms with Crippen LogP contribution in [0, 0.1) is 6.92 Å². The van der Waals surface area contributed by atoms with E-state index in [2.05, 4.69) is 29.0 Å². The third-order valence-corrected chi connectivity index (χ3v) is 1.97. The fourth-order valence-corrected chi connectivity index (χ4v) is 1.27. The molecule has 0 unspecified atom stereocenters. The van der Waals surface area contributed by atoms with Crippen molar-refractivity contribution in [3.05, 3.63) is 23.3 Å². The molecule has 0 aliphatic rings. The lowest BCUT2D eigenvalue weighted by molar-refractivity contribution is 0.411. The van der Waals surface area contributed by atoms with E-state index >= 15 is 0 Å². The van der Waals surface area contributed by atoms with Crippen LogP contribution in [0.15, 0.2) is 6.07 Å². The lowest BCUT2D eigenvalue weighted by Gasteiger charge is -2.09. The number of rotatable bonds is 4. The average molecular weight is 194 g/mol. The van der Waals surface area contributed by atoms with E-state index in [0.29, 0.717) is 6.54 Å². The first-order valence-electron chi connectivity index (χ1n) is 4.80. The van der Waals surface area contributed by atoms with Gasteiger partial charge < -0.3 is 10.6 Å². The van der Waals surface area contributed by atoms with Gasteiger partial charge in [-0.3, -0.25) is 0 Å². The number of hydrogen-bond acceptors (Lipinski definition) is 4. The predicted octanol–water partition coefficient (Wildman–Crippen LogP) is 0.348. The highest BCUT2D eigenvalue weighted by Crippen LogP contribution is 2.01. The van der Waals surface area contributed by atoms with Crippen molar-refractivity contribution < 1.29 is 0 Å². The van der Waals surface area contributed by atoms with Crippen molar-refractivity contribution in [1.29, 1.82) is 0 Å². The molecule has 0 fully saturated rings. The summed E-state index contributed by atoms with van der Waals surface area (Å²) in [6.45, 7) is 3.39. The molecule has 4 nitrogen and oxygen atoms in total. The fourth-order valence-electron chi connectivity index (χ4n) is 1.27. The van der Waals surface area contributed by atoms with E-state index in [1.165, 1.54) is 0 Å². The summed E-state index contributed by atoms with van der Waals surface area (Å²) in [7, 11) is 4.11. The van der Waals surface area contributed by atoms with Gasteiger partial charge >= 0.3 is 0 Å². The van der Waals surface area contributed by atoms with Crippen molar-refractivity contribution in [3.63, 3.8) is 0 Å². The zero-order valence-electron chi connectivity index (χ0n) is 9.12. The first-order valence-corrected chi connectivity index (χ1v) is 4.80. The molecule has 0 amide bonds. The second kappa shape index (κ2) is 5.02. The molecule has 0 saturated carbocycles. The monoisotopic (exact) mass is 194 g/mol. The minimum atomic E-state index is 0.484. The summed E-state index contributed by atoms with van der Waals surface area (Å²) in [6.07, 6.45) is 0.948. The van der Waals surface area contributed by atoms with Crippen LogP contribution in [0.2, 0.25) is 0 Å². The third kappa shape index (κ3) is 3.40. The quantitative estimate of drug-likeness (QED) is 0.751. The van der Waals surface area contributed by atoms with Gasteiger partial charge in [-0.05, 0) is 27.1 Å². The Bertz CT molecular complexity index is 296. The first kappa shape index (κ1) is 11.1. The molecule has 14 heavy (non-hydrogen) atoms. The van der Waals surface area contributed by atoms with Crippen molar-refractivity contribution in [2.45, 2.75) is 19.9 Å². The van der Waals surface area contributed by atoms with Gasteiger partial charge in [0.15, 0.2) is 0 Å². The Morgan fingerprint density at radius 1 is 1.29 bits per heavy atom. The minimum absolute atomic E-state index is 0.484. The second-order valence-corrected chi connectivity index (χ2v) is 3.66. The minimum Gasteiger partial charge on any atom is -0.325 e. The summed E-state index contributed by atoms with van der Waals surface area (Å²) in [4.78, 5) is 10.7. The van der Waals surface area contributed by atoms with Gasteiger partial charge in [0.25, 0.3) is 0 Å². The summed E-state index contributed by atoms with van der Waals surface area (Å²) >= 11 is 0. The van der Waals surface area contributed by atoms with Crippen LogP contribution in [0.4, 0.5) is 0 Å². The number of hydrogen-bond donors (Lipinski definition) is 1. The maximum Gasteiger partial charge on any atom is 0.125 e. The first-order chi connectivity index (χ1) is 6.61. The second-order valence-electron chi connectivity index (χ2n) is 3.66. The summed E-state index contributed by atoms with van der Waals surface area (Å²) in [5.41, 5.74) is 7.54. The Morgan fingerprint density at radius 3 is 2.50 bits per heavy atom. The highest BCUT2D eigenvalue weighted by Gasteiger charge is 2.01. The Morgan fingerprint density at radius 2 is 1.93 bits per heavy atom. The van der Waals surface area contributed by atoms with Crippen LogP contribution < -0.4 is 5.73 Å². The van der Waals surface area contributed by atoms with Gasteiger partial charge in [0.1, 0.15) is 5.82 Å². The Kier molecular flexibility index (Phi) is 3.98. The van der Waals surface area contributed by atoms with E-state index in [9.17, 15) is 0 Å². The molecule has 1 rings (SSSR count). The largest absolute Gasteiger partial charge is 0.325 e. The molecule has 1 aromatic rings. The molecule has 4 heteroatoms. The van der Waals surface area contributed by atoms with E-state index in [4.69, 9.17) is 5.73 Å². The molecule has 0 spiro atoms. The van der Waals surface area contributed by atoms with Crippen molar-refractivity contribution in [1.82, 2.24) is 14.9 Å². The van der Waals surface area contributed by atoms with E-state index in [0.717, 1.165) is 30.2 Å². The maximum absolute atomic E-state index is 5.54. The Labute approximate surface area is 85.2 Å². The molecule has 0 bridgehead atoms. The summed E-state index contributed by atoms with van der Waals surface area (Å²) in [6, 6.07) is 1.98. The predicted molar refractivity (Wildman–Crippen MR) is 56.9 cm³/mol. The molecule has 0 atom stereocenters. The van der Waals surface area contributed by atoms with E-state index in [1.807, 2.05) is 13.0 Å². The molecule has 0 radical (unpaired) electrons. The Hall–Kier alpha value is -1.00. The van der Waals surface area contributed by atoms with Crippen molar-refractivity contribution >= 4 is 0 Å². The number of nitrogens with two attached hydrogens (primary N) is 1. The van der Waals surface area contributed by atoms with E-state index in [1.54, 1.807) is 0 Å². The molecule has 0 saturated heterocycles. The topological polar surface area (TPSA) is 55.0 Å². The van der Waals surface area contributed by atoms with Gasteiger partial charge in [-0.2, -0.15) is 0 Å². The average Bonchev–Trinajstić information content (AvgIpc) is 2.14. The molecular formula is C10H18N4. The van der Waals surface area contributed by atoms with Gasteiger partial charge in [0.2, 0.25) is 0 Å². The van der Waals surface area contributed by atoms with Gasteiger partial charge in [-0.25, -0.2) is 9.97 Å². The summed E-state index contributed by atoms with van der Waals surface area (Å²) in [5, 5.41) is 0. The van der Waals surface area contributed by atoms with Crippen LogP contribution in [0.5, 0.6) is 0 Å². The third-order valence-electron chi connectivity index (χ3n) is 1.97. The smallest absolute Gasteiger partial charge is 0.125 e. The van der Waals surface area contributed by atoms with Crippen LogP contribution in [-0.4, -0.2) is 35.5 Å². The molecule has 78 valence electrons. The maximum atomic E-state index is 5.54. The van der Waals surface area contributed by atoms with Crippen LogP contribution in [0.3, 0.4) is 0 Å². The van der Waals surface area contributed by atoms with Crippen LogP contribution >= 0.6 is 0 Å². The highest BCUT2D eigenvalue weighted by molar-refractivity contribution is 5.11. The van der Waals surface area contributed by atoms with E-state index in [-0.39, 0.29) is 0 Å². The van der Waals surface area contributed by atoms with Crippen LogP contribution in [0.1, 0.15) is 17.2 Å². The molecule has 0 aliphatic heterocycles. The number of nitrogens with zero attached hydrogens (tertiary/aromatic N) is 3. The van der Waals surface area contributed by atoms with Crippen LogP contribution in [0.25, 0.3) is 0 Å². The fraction of sp³-hybridized carbons (Fsp3) is 0.600. The van der Waals surface area contributed by atoms with Crippen LogP contribution in [-0.2, 0) is 13.0 Å². The SMILES string of the molecule is Cc1nc(CN)cc(CCN(C)C)n1. The lowest BCUT2D eigenvalue weighted by Crippen LogP contribution is -2.16. The van der Waals surface area contributed by atoms with Gasteiger partial charge in [-0.1, -0.05) is 0 Å². The molecule has 2 N–H and O–H groups in total. The van der Waals surface area contributed by atoms with Gasteiger partial charge in [0, 0.05) is 25.2 Å². The zero-order valence-corrected chi connectivity index (χ0v) is 9.12.